The Hall–Kier alpha value is -0.630. The molecule has 1 saturated heterocycles. The molecule has 7 heteroatoms. The van der Waals surface area contributed by atoms with Crippen molar-refractivity contribution >= 4 is 26.0 Å². The zero-order valence-electron chi connectivity index (χ0n) is 11.3. The molecule has 1 fully saturated rings. The van der Waals surface area contributed by atoms with E-state index in [1.165, 1.54) is 6.07 Å². The number of aryl methyl sites for hydroxylation is 1. The number of ether oxygens (including phenoxy) is 2. The molecule has 0 spiro atoms. The Morgan fingerprint density at radius 1 is 1.45 bits per heavy atom. The van der Waals surface area contributed by atoms with Crippen LogP contribution in [0.3, 0.4) is 0 Å². The molecule has 0 saturated carbocycles. The van der Waals surface area contributed by atoms with Crippen LogP contribution < -0.4 is 9.88 Å². The normalized spacial score (nSPS) is 19.9. The number of primary sulfonamides is 1. The monoisotopic (exact) mass is 363 g/mol. The predicted octanol–water partition coefficient (Wildman–Crippen LogP) is 2.35. The summed E-state index contributed by atoms with van der Waals surface area (Å²) in [5.41, 5.74) is 0.721. The predicted molar refractivity (Wildman–Crippen MR) is 79.3 cm³/mol. The van der Waals surface area contributed by atoms with E-state index in [0.29, 0.717) is 16.8 Å². The van der Waals surface area contributed by atoms with E-state index >= 15 is 0 Å². The maximum atomic E-state index is 11.7. The molecule has 2 N–H and O–H groups in total. The average Bonchev–Trinajstić information content (AvgIpc) is 2.37. The molecule has 1 unspecified atom stereocenters. The Morgan fingerprint density at radius 3 is 2.80 bits per heavy atom. The van der Waals surface area contributed by atoms with Gasteiger partial charge >= 0.3 is 0 Å². The highest BCUT2D eigenvalue weighted by Crippen LogP contribution is 2.31. The summed E-state index contributed by atoms with van der Waals surface area (Å²) in [7, 11) is -3.83. The smallest absolute Gasteiger partial charge is 0.241 e. The second-order valence-electron chi connectivity index (χ2n) is 4.89. The first-order valence-electron chi connectivity index (χ1n) is 6.45. The number of hydrogen-bond acceptors (Lipinski definition) is 4. The number of sulfonamides is 1. The Balaban J connectivity index is 2.21. The lowest BCUT2D eigenvalue weighted by molar-refractivity contribution is -0.0117. The van der Waals surface area contributed by atoms with Crippen LogP contribution >= 0.6 is 15.9 Å². The summed E-state index contributed by atoms with van der Waals surface area (Å²) in [5, 5.41) is 5.24. The van der Waals surface area contributed by atoms with Crippen molar-refractivity contribution in [2.45, 2.75) is 37.2 Å². The molecule has 1 aliphatic rings. The van der Waals surface area contributed by atoms with Gasteiger partial charge in [-0.05, 0) is 43.9 Å². The standard InChI is InChI=1S/C13H18BrNO4S/c1-9-6-10(14)7-12(20(15,16)17)13(9)19-8-11-4-2-3-5-18-11/h6-7,11H,2-5,8H2,1H3,(H2,15,16,17). The molecule has 0 bridgehead atoms. The molecule has 112 valence electrons. The molecule has 1 aliphatic heterocycles. The average molecular weight is 364 g/mol. The summed E-state index contributed by atoms with van der Waals surface area (Å²) in [6, 6.07) is 3.26. The van der Waals surface area contributed by atoms with Crippen LogP contribution in [0, 0.1) is 6.92 Å². The maximum Gasteiger partial charge on any atom is 0.241 e. The Kier molecular flexibility index (Phi) is 5.06. The molecule has 1 aromatic carbocycles. The van der Waals surface area contributed by atoms with Crippen LogP contribution in [0.15, 0.2) is 21.5 Å². The molecule has 0 aromatic heterocycles. The molecule has 1 atom stereocenters. The van der Waals surface area contributed by atoms with Gasteiger partial charge in [0.15, 0.2) is 0 Å². The van der Waals surface area contributed by atoms with Crippen molar-refractivity contribution in [2.24, 2.45) is 5.14 Å². The van der Waals surface area contributed by atoms with Gasteiger partial charge in [0, 0.05) is 11.1 Å². The number of benzene rings is 1. The number of halogens is 1. The molecule has 1 aromatic rings. The van der Waals surface area contributed by atoms with E-state index in [1.54, 1.807) is 13.0 Å². The van der Waals surface area contributed by atoms with E-state index < -0.39 is 10.0 Å². The van der Waals surface area contributed by atoms with Gasteiger partial charge in [0.2, 0.25) is 10.0 Å². The summed E-state index contributed by atoms with van der Waals surface area (Å²) in [4.78, 5) is 0.000171. The second-order valence-corrected chi connectivity index (χ2v) is 7.34. The van der Waals surface area contributed by atoms with Gasteiger partial charge in [-0.15, -0.1) is 0 Å². The third-order valence-electron chi connectivity index (χ3n) is 3.20. The van der Waals surface area contributed by atoms with Gasteiger partial charge in [0.1, 0.15) is 17.3 Å². The lowest BCUT2D eigenvalue weighted by atomic mass is 10.1. The van der Waals surface area contributed by atoms with Crippen LogP contribution in [0.25, 0.3) is 0 Å². The van der Waals surface area contributed by atoms with E-state index in [1.807, 2.05) is 0 Å². The maximum absolute atomic E-state index is 11.7. The van der Waals surface area contributed by atoms with Gasteiger partial charge in [-0.3, -0.25) is 0 Å². The molecule has 0 radical (unpaired) electrons. The fourth-order valence-corrected chi connectivity index (χ4v) is 3.70. The molecule has 2 rings (SSSR count). The van der Waals surface area contributed by atoms with Gasteiger partial charge in [-0.25, -0.2) is 13.6 Å². The minimum absolute atomic E-state index is 0.000171. The van der Waals surface area contributed by atoms with E-state index in [2.05, 4.69) is 15.9 Å². The molecule has 20 heavy (non-hydrogen) atoms. The second kappa shape index (κ2) is 6.43. The van der Waals surface area contributed by atoms with E-state index in [0.717, 1.165) is 31.4 Å². The van der Waals surface area contributed by atoms with Crippen molar-refractivity contribution in [2.75, 3.05) is 13.2 Å². The van der Waals surface area contributed by atoms with Crippen LogP contribution in [0.2, 0.25) is 0 Å². The minimum Gasteiger partial charge on any atom is -0.489 e. The SMILES string of the molecule is Cc1cc(Br)cc(S(N)(=O)=O)c1OCC1CCCCO1. The first-order valence-corrected chi connectivity index (χ1v) is 8.79. The topological polar surface area (TPSA) is 78.6 Å². The van der Waals surface area contributed by atoms with Crippen molar-refractivity contribution in [1.29, 1.82) is 0 Å². The van der Waals surface area contributed by atoms with E-state index in [4.69, 9.17) is 14.6 Å². The highest BCUT2D eigenvalue weighted by molar-refractivity contribution is 9.10. The van der Waals surface area contributed by atoms with Crippen molar-refractivity contribution in [1.82, 2.24) is 0 Å². The third kappa shape index (κ3) is 3.94. The molecular weight excluding hydrogens is 346 g/mol. The zero-order valence-corrected chi connectivity index (χ0v) is 13.7. The minimum atomic E-state index is -3.83. The van der Waals surface area contributed by atoms with Crippen molar-refractivity contribution in [3.8, 4) is 5.75 Å². The van der Waals surface area contributed by atoms with Crippen LogP contribution in [0.4, 0.5) is 0 Å². The quantitative estimate of drug-likeness (QED) is 0.890. The van der Waals surface area contributed by atoms with Crippen molar-refractivity contribution in [3.05, 3.63) is 22.2 Å². The van der Waals surface area contributed by atoms with Gasteiger partial charge < -0.3 is 9.47 Å². The van der Waals surface area contributed by atoms with E-state index in [-0.39, 0.29) is 11.0 Å². The molecular formula is C13H18BrNO4S. The van der Waals surface area contributed by atoms with Gasteiger partial charge in [-0.1, -0.05) is 15.9 Å². The molecule has 5 nitrogen and oxygen atoms in total. The van der Waals surface area contributed by atoms with Crippen LogP contribution in [-0.4, -0.2) is 27.7 Å². The lowest BCUT2D eigenvalue weighted by Gasteiger charge is -2.23. The number of rotatable bonds is 4. The fourth-order valence-electron chi connectivity index (χ4n) is 2.21. The lowest BCUT2D eigenvalue weighted by Crippen LogP contribution is -2.26. The van der Waals surface area contributed by atoms with Crippen molar-refractivity contribution < 1.29 is 17.9 Å². The summed E-state index contributed by atoms with van der Waals surface area (Å²) < 4.78 is 35.2. The van der Waals surface area contributed by atoms with Gasteiger partial charge in [0.05, 0.1) is 6.10 Å². The Morgan fingerprint density at radius 2 is 2.20 bits per heavy atom. The van der Waals surface area contributed by atoms with Crippen LogP contribution in [0.5, 0.6) is 5.75 Å². The zero-order chi connectivity index (χ0) is 14.8. The van der Waals surface area contributed by atoms with E-state index in [9.17, 15) is 8.42 Å². The Labute approximate surface area is 127 Å². The molecule has 1 heterocycles. The number of nitrogens with two attached hydrogens (primary N) is 1. The van der Waals surface area contributed by atoms with Gasteiger partial charge in [-0.2, -0.15) is 0 Å². The fraction of sp³-hybridized carbons (Fsp3) is 0.538. The highest BCUT2D eigenvalue weighted by atomic mass is 79.9. The highest BCUT2D eigenvalue weighted by Gasteiger charge is 2.21. The summed E-state index contributed by atoms with van der Waals surface area (Å²) in [6.07, 6.45) is 3.12. The first kappa shape index (κ1) is 15.8. The van der Waals surface area contributed by atoms with Crippen molar-refractivity contribution in [3.63, 3.8) is 0 Å². The molecule has 0 aliphatic carbocycles. The first-order chi connectivity index (χ1) is 9.38. The third-order valence-corrected chi connectivity index (χ3v) is 4.57. The number of hydrogen-bond donors (Lipinski definition) is 1. The summed E-state index contributed by atoms with van der Waals surface area (Å²) >= 11 is 3.27. The largest absolute Gasteiger partial charge is 0.489 e. The molecule has 0 amide bonds. The summed E-state index contributed by atoms with van der Waals surface area (Å²) in [5.74, 6) is 0.310. The van der Waals surface area contributed by atoms with Crippen LogP contribution in [0.1, 0.15) is 24.8 Å². The Bertz CT molecular complexity index is 582. The van der Waals surface area contributed by atoms with Crippen LogP contribution in [-0.2, 0) is 14.8 Å². The summed E-state index contributed by atoms with van der Waals surface area (Å²) in [6.45, 7) is 2.86. The van der Waals surface area contributed by atoms with Gasteiger partial charge in [0.25, 0.3) is 0 Å².